The van der Waals surface area contributed by atoms with E-state index < -0.39 is 0 Å². The highest BCUT2D eigenvalue weighted by Gasteiger charge is 2.27. The van der Waals surface area contributed by atoms with Crippen molar-refractivity contribution in [2.24, 2.45) is 11.3 Å². The monoisotopic (exact) mass is 1110 g/mol. The number of ketones is 1. The van der Waals surface area contributed by atoms with Crippen molar-refractivity contribution in [3.8, 4) is 74.1 Å². The van der Waals surface area contributed by atoms with Gasteiger partial charge in [0.05, 0.1) is 11.2 Å². The second kappa shape index (κ2) is 29.5. The van der Waals surface area contributed by atoms with Gasteiger partial charge >= 0.3 is 0 Å². The van der Waals surface area contributed by atoms with Crippen LogP contribution in [0.2, 0.25) is 0 Å². The topological polar surface area (TPSA) is 112 Å². The van der Waals surface area contributed by atoms with Gasteiger partial charge in [-0.15, -0.1) is 61.2 Å². The van der Waals surface area contributed by atoms with E-state index >= 15 is 0 Å². The molecule has 0 radical (unpaired) electrons. The van der Waals surface area contributed by atoms with E-state index in [0.29, 0.717) is 17.3 Å². The molecule has 6 heterocycles. The molecule has 0 saturated carbocycles. The van der Waals surface area contributed by atoms with Gasteiger partial charge in [-0.25, -0.2) is 9.97 Å². The summed E-state index contributed by atoms with van der Waals surface area (Å²) in [5, 5.41) is 13.5. The number of carbonyl (C=O) groups is 1. The van der Waals surface area contributed by atoms with Crippen LogP contribution in [0.1, 0.15) is 218 Å². The number of thiazole rings is 2. The van der Waals surface area contributed by atoms with Crippen LogP contribution in [0.3, 0.4) is 0 Å². The minimum Gasteiger partial charge on any atom is -0.360 e. The maximum absolute atomic E-state index is 11.0. The molecule has 410 valence electrons. The van der Waals surface area contributed by atoms with E-state index in [-0.39, 0.29) is 43.8 Å². The van der Waals surface area contributed by atoms with Gasteiger partial charge in [0.1, 0.15) is 22.8 Å². The minimum absolute atomic E-state index is 0.0118. The standard InChI is InChI=1S/C10H16O.C9H12N2.C9H11NO.4C9H11NS/c1-10(2,3)8-5-4-6-9(11)7-8;1-5-8-6-7-11(10-8)9(2,3)4;1-5-7-6-8(11-10-7)9(2,3)4;1-5-8-10-7(6-11-8)9(2,3)4;1-5-8-10-6-7(11-8)9(2,3)4;1-5-8-7(6-11-10-8)9(2,3)4;1-5-7-6-8(11-10-7)9(2,3)4/h4,6,8H,5,7H2,1-3H3;1,6-7H,2-4H3;5*1,6H,2-4H3. The van der Waals surface area contributed by atoms with E-state index in [1.54, 1.807) is 23.5 Å². The van der Waals surface area contributed by atoms with E-state index in [2.05, 4.69) is 189 Å². The van der Waals surface area contributed by atoms with Crippen LogP contribution in [0.15, 0.2) is 58.0 Å². The largest absolute Gasteiger partial charge is 0.360 e. The number of carbonyl (C=O) groups excluding carboxylic acids is 1. The summed E-state index contributed by atoms with van der Waals surface area (Å²) in [6.07, 6.45) is 40.5. The molecular formula is C64H83N7O2S4. The van der Waals surface area contributed by atoms with Crippen molar-refractivity contribution < 1.29 is 9.32 Å². The number of rotatable bonds is 0. The molecule has 0 fully saturated rings. The summed E-state index contributed by atoms with van der Waals surface area (Å²) in [6, 6.07) is 5.61. The lowest BCUT2D eigenvalue weighted by atomic mass is 9.74. The number of hydrogen-bond acceptors (Lipinski definition) is 12. The van der Waals surface area contributed by atoms with Crippen molar-refractivity contribution in [1.82, 2.24) is 33.7 Å². The average molecular weight is 1110 g/mol. The number of nitrogens with zero attached hydrogens (tertiary/aromatic N) is 7. The molecule has 0 spiro atoms. The molecule has 9 nitrogen and oxygen atoms in total. The van der Waals surface area contributed by atoms with Crippen LogP contribution in [0, 0.1) is 85.4 Å². The van der Waals surface area contributed by atoms with Gasteiger partial charge in [-0.05, 0) is 132 Å². The van der Waals surface area contributed by atoms with Crippen LogP contribution >= 0.6 is 45.7 Å². The molecule has 0 saturated heterocycles. The van der Waals surface area contributed by atoms with Crippen LogP contribution in [0.5, 0.6) is 0 Å². The lowest BCUT2D eigenvalue weighted by Crippen LogP contribution is -2.24. The minimum atomic E-state index is -0.0118. The fourth-order valence-electron chi connectivity index (χ4n) is 5.83. The maximum atomic E-state index is 11.0. The molecule has 0 N–H and O–H groups in total. The van der Waals surface area contributed by atoms with E-state index in [1.807, 2.05) is 66.8 Å². The van der Waals surface area contributed by atoms with Crippen molar-refractivity contribution in [3.05, 3.63) is 113 Å². The van der Waals surface area contributed by atoms with E-state index in [4.69, 9.17) is 43.1 Å². The molecule has 13 heteroatoms. The smallest absolute Gasteiger partial charge is 0.166 e. The molecule has 6 aromatic rings. The van der Waals surface area contributed by atoms with Gasteiger partial charge in [-0.2, -0.15) is 13.8 Å². The van der Waals surface area contributed by atoms with E-state index in [9.17, 15) is 4.79 Å². The van der Waals surface area contributed by atoms with Crippen molar-refractivity contribution in [2.45, 2.75) is 191 Å². The lowest BCUT2D eigenvalue weighted by molar-refractivity contribution is -0.116. The third kappa shape index (κ3) is 25.2. The van der Waals surface area contributed by atoms with Crippen LogP contribution in [-0.2, 0) is 37.4 Å². The molecule has 1 unspecified atom stereocenters. The Morgan fingerprint density at radius 2 is 1.22 bits per heavy atom. The number of hydrogen-bond donors (Lipinski definition) is 0. The fourth-order valence-corrected chi connectivity index (χ4v) is 9.08. The number of terminal acetylenes is 6. The third-order valence-electron chi connectivity index (χ3n) is 10.9. The SMILES string of the molecule is C#Cc1cc(C(C)(C)C)on1.C#Cc1cc(C(C)(C)C)sn1.C#Cc1ccn(C(C)(C)C)n1.C#Cc1nc(C(C)(C)C)cs1.C#Cc1ncc(C(C)(C)C)s1.C#Cc1nscc1C(C)(C)C.CC(C)(C)C1CC=CC(=O)C1. The van der Waals surface area contributed by atoms with Crippen LogP contribution < -0.4 is 0 Å². The predicted molar refractivity (Wildman–Crippen MR) is 330 cm³/mol. The first-order chi connectivity index (χ1) is 35.2. The zero-order valence-electron chi connectivity index (χ0n) is 49.7. The molecular weight excluding hydrogens is 1030 g/mol. The third-order valence-corrected chi connectivity index (χ3v) is 14.9. The Morgan fingerprint density at radius 3 is 1.52 bits per heavy atom. The van der Waals surface area contributed by atoms with E-state index in [0.717, 1.165) is 45.7 Å². The highest BCUT2D eigenvalue weighted by atomic mass is 32.1. The van der Waals surface area contributed by atoms with Gasteiger partial charge in [0.2, 0.25) is 0 Å². The Kier molecular flexibility index (Phi) is 26.3. The predicted octanol–water partition coefficient (Wildman–Crippen LogP) is 15.8. The molecule has 0 amide bonds. The molecule has 77 heavy (non-hydrogen) atoms. The summed E-state index contributed by atoms with van der Waals surface area (Å²) in [6.45, 7) is 44.7. The Bertz CT molecular complexity index is 2710. The first kappa shape index (κ1) is 68.7. The van der Waals surface area contributed by atoms with Crippen LogP contribution in [0.4, 0.5) is 0 Å². The Morgan fingerprint density at radius 1 is 0.636 bits per heavy atom. The summed E-state index contributed by atoms with van der Waals surface area (Å²) in [7, 11) is 0. The van der Waals surface area contributed by atoms with Gasteiger partial charge < -0.3 is 4.52 Å². The van der Waals surface area contributed by atoms with Crippen molar-refractivity contribution >= 4 is 51.5 Å². The van der Waals surface area contributed by atoms with E-state index in [1.165, 1.54) is 49.7 Å². The van der Waals surface area contributed by atoms with Crippen LogP contribution in [0.25, 0.3) is 0 Å². The first-order valence-corrected chi connectivity index (χ1v) is 28.4. The molecule has 0 aliphatic heterocycles. The van der Waals surface area contributed by atoms with Crippen molar-refractivity contribution in [2.75, 3.05) is 0 Å². The summed E-state index contributed by atoms with van der Waals surface area (Å²) < 4.78 is 15.1. The molecule has 1 atom stereocenters. The van der Waals surface area contributed by atoms with Gasteiger partial charge in [0, 0.05) is 61.8 Å². The summed E-state index contributed by atoms with van der Waals surface area (Å²) in [4.78, 5) is 21.9. The van der Waals surface area contributed by atoms with Crippen molar-refractivity contribution in [3.63, 3.8) is 0 Å². The number of aromatic nitrogens is 7. The summed E-state index contributed by atoms with van der Waals surface area (Å²) in [5.41, 5.74) is 5.93. The quantitative estimate of drug-likeness (QED) is 0.138. The second-order valence-corrected chi connectivity index (χ2v) is 28.4. The maximum Gasteiger partial charge on any atom is 0.166 e. The lowest BCUT2D eigenvalue weighted by Gasteiger charge is -2.30. The number of allylic oxidation sites excluding steroid dienone is 2. The van der Waals surface area contributed by atoms with Gasteiger partial charge in [-0.1, -0.05) is 136 Å². The van der Waals surface area contributed by atoms with Gasteiger partial charge in [0.15, 0.2) is 21.5 Å². The molecule has 1 aliphatic carbocycles. The molecule has 0 bridgehead atoms. The summed E-state index contributed by atoms with van der Waals surface area (Å²) in [5.74, 6) is 16.7. The molecule has 6 aromatic heterocycles. The van der Waals surface area contributed by atoms with Crippen molar-refractivity contribution in [1.29, 1.82) is 0 Å². The average Bonchev–Trinajstić information content (AvgIpc) is 4.18. The summed E-state index contributed by atoms with van der Waals surface area (Å²) >= 11 is 6.04. The fraction of sp³-hybridized carbons (Fsp3) is 0.484. The highest BCUT2D eigenvalue weighted by Crippen LogP contribution is 2.34. The zero-order valence-corrected chi connectivity index (χ0v) is 53.0. The molecule has 0 aromatic carbocycles. The normalized spacial score (nSPS) is 13.2. The second-order valence-electron chi connectivity index (χ2n) is 25.1. The van der Waals surface area contributed by atoms with Gasteiger partial charge in [-0.3, -0.25) is 9.48 Å². The van der Waals surface area contributed by atoms with Gasteiger partial charge in [0.25, 0.3) is 0 Å². The Hall–Kier alpha value is -6.29. The molecule has 1 aliphatic rings. The Labute approximate surface area is 480 Å². The Balaban J connectivity index is 0.000000449. The molecule has 7 rings (SSSR count). The zero-order chi connectivity index (χ0) is 59.4. The first-order valence-electron chi connectivity index (χ1n) is 25.1. The highest BCUT2D eigenvalue weighted by molar-refractivity contribution is 7.12. The van der Waals surface area contributed by atoms with Crippen LogP contribution in [-0.4, -0.2) is 39.4 Å².